The number of hydrogen-bond donors (Lipinski definition) is 6. The lowest BCUT2D eigenvalue weighted by Crippen LogP contribution is -2.04. The Kier molecular flexibility index (Phi) is 8.87. The molecule has 21 nitrogen and oxygen atoms in total. The number of azo groups is 2. The number of phenolic OH excluding ortho intramolecular Hbond substituents is 1. The van der Waals surface area contributed by atoms with E-state index in [4.69, 9.17) is 10.3 Å². The lowest BCUT2D eigenvalue weighted by molar-refractivity contribution is -0.385. The Morgan fingerprint density at radius 2 is 1.15 bits per heavy atom. The number of phenols is 1. The van der Waals surface area contributed by atoms with Crippen molar-refractivity contribution < 1.29 is 61.9 Å². The van der Waals surface area contributed by atoms with E-state index in [9.17, 15) is 62.6 Å². The summed E-state index contributed by atoms with van der Waals surface area (Å²) in [5.41, 5.74) is 1.54. The molecule has 0 fully saturated rings. The molecule has 4 rings (SSSR count). The van der Waals surface area contributed by atoms with Gasteiger partial charge in [-0.15, -0.1) is 15.3 Å². The van der Waals surface area contributed by atoms with E-state index in [0.717, 1.165) is 30.3 Å². The van der Waals surface area contributed by atoms with Crippen molar-refractivity contribution in [2.75, 3.05) is 5.73 Å². The molecule has 0 spiro atoms. The molecule has 0 unspecified atom stereocenters. The second-order valence-electron chi connectivity index (χ2n) is 9.01. The lowest BCUT2D eigenvalue weighted by Gasteiger charge is -2.14. The Morgan fingerprint density at radius 3 is 1.64 bits per heavy atom. The first-order valence-electron chi connectivity index (χ1n) is 11.7. The first kappa shape index (κ1) is 34.8. The Hall–Kier alpha value is -5.02. The summed E-state index contributed by atoms with van der Waals surface area (Å²) in [6.45, 7) is 0. The van der Waals surface area contributed by atoms with Crippen LogP contribution >= 0.6 is 0 Å². The molecule has 0 heterocycles. The highest BCUT2D eigenvalue weighted by Crippen LogP contribution is 2.48. The van der Waals surface area contributed by atoms with Crippen molar-refractivity contribution >= 4 is 85.4 Å². The van der Waals surface area contributed by atoms with Gasteiger partial charge in [0.2, 0.25) is 0 Å². The molecule has 0 atom stereocenters. The standard InChI is InChI=1S/C22H16N6O15S4/c23-19-18-10(7-16(46(38,39)40)20(19)26-24-11-1-4-13(5-2-11)44(32,33)34)8-17(47(41,42)43)21(22(18)29)27-25-14-6-3-12(28(30)31)9-15(14)45(35,36)37/h1-9,29H,23H2,(H,32,33,34)(H,35,36,37)(H,38,39,40)(H,41,42,43). The summed E-state index contributed by atoms with van der Waals surface area (Å²) < 4.78 is 133. The van der Waals surface area contributed by atoms with Gasteiger partial charge in [0.05, 0.1) is 26.6 Å². The average Bonchev–Trinajstić information content (AvgIpc) is 2.93. The molecule has 0 bridgehead atoms. The molecule has 248 valence electrons. The van der Waals surface area contributed by atoms with E-state index in [-0.39, 0.29) is 5.69 Å². The van der Waals surface area contributed by atoms with Crippen molar-refractivity contribution in [3.63, 3.8) is 0 Å². The molecule has 4 aromatic carbocycles. The smallest absolute Gasteiger partial charge is 0.297 e. The van der Waals surface area contributed by atoms with Crippen LogP contribution in [-0.4, -0.2) is 61.9 Å². The highest BCUT2D eigenvalue weighted by atomic mass is 32.2. The summed E-state index contributed by atoms with van der Waals surface area (Å²) >= 11 is 0. The predicted octanol–water partition coefficient (Wildman–Crippen LogP) is 3.85. The molecule has 7 N–H and O–H groups in total. The molecular formula is C22H16N6O15S4. The van der Waals surface area contributed by atoms with E-state index in [2.05, 4.69) is 20.5 Å². The quantitative estimate of drug-likeness (QED) is 0.0467. The number of non-ortho nitro benzene ring substituents is 1. The fourth-order valence-corrected chi connectivity index (χ4v) is 6.36. The average molecular weight is 733 g/mol. The topological polar surface area (TPSA) is 356 Å². The SMILES string of the molecule is Nc1c(N=Nc2ccc(S(=O)(=O)O)cc2)c(S(=O)(=O)O)cc2cc(S(=O)(=O)O)c(N=Nc3ccc([N+](=O)[O-])cc3S(=O)(=O)O)c(O)c12. The first-order valence-corrected chi connectivity index (χ1v) is 17.5. The van der Waals surface area contributed by atoms with E-state index in [0.29, 0.717) is 24.3 Å². The maximum absolute atomic E-state index is 12.2. The zero-order valence-electron chi connectivity index (χ0n) is 22.5. The molecule has 0 aliphatic heterocycles. The molecule has 0 aliphatic carbocycles. The van der Waals surface area contributed by atoms with Gasteiger partial charge in [-0.05, 0) is 47.9 Å². The number of fused-ring (bicyclic) bond motifs is 1. The van der Waals surface area contributed by atoms with Crippen LogP contribution in [0.25, 0.3) is 10.8 Å². The third kappa shape index (κ3) is 7.36. The van der Waals surface area contributed by atoms with Gasteiger partial charge < -0.3 is 10.8 Å². The first-order chi connectivity index (χ1) is 21.5. The molecule has 25 heteroatoms. The monoisotopic (exact) mass is 732 g/mol. The Labute approximate surface area is 262 Å². The number of anilines is 1. The fourth-order valence-electron chi connectivity index (χ4n) is 3.91. The van der Waals surface area contributed by atoms with Crippen molar-refractivity contribution in [2.24, 2.45) is 20.5 Å². The van der Waals surface area contributed by atoms with Gasteiger partial charge in [0, 0.05) is 12.1 Å². The van der Waals surface area contributed by atoms with Crippen LogP contribution in [0.1, 0.15) is 0 Å². The maximum Gasteiger partial charge on any atom is 0.297 e. The number of nitro groups is 1. The van der Waals surface area contributed by atoms with Crippen LogP contribution in [0.3, 0.4) is 0 Å². The number of benzene rings is 4. The van der Waals surface area contributed by atoms with E-state index in [1.165, 1.54) is 0 Å². The van der Waals surface area contributed by atoms with Gasteiger partial charge in [0.1, 0.15) is 31.7 Å². The molecule has 0 aromatic heterocycles. The third-order valence-corrected chi connectivity index (χ3v) is 9.44. The number of hydrogen-bond acceptors (Lipinski definition) is 16. The number of nitrogens with two attached hydrogens (primary N) is 1. The van der Waals surface area contributed by atoms with Crippen molar-refractivity contribution in [3.05, 3.63) is 64.7 Å². The highest BCUT2D eigenvalue weighted by molar-refractivity contribution is 7.86. The van der Waals surface area contributed by atoms with Gasteiger partial charge in [0.15, 0.2) is 5.75 Å². The van der Waals surface area contributed by atoms with Gasteiger partial charge in [-0.3, -0.25) is 28.3 Å². The summed E-state index contributed by atoms with van der Waals surface area (Å²) in [5.74, 6) is -1.23. The van der Waals surface area contributed by atoms with Crippen LogP contribution in [0.15, 0.2) is 94.6 Å². The Balaban J connectivity index is 2.01. The van der Waals surface area contributed by atoms with Crippen LogP contribution in [0, 0.1) is 10.1 Å². The lowest BCUT2D eigenvalue weighted by atomic mass is 10.1. The van der Waals surface area contributed by atoms with Crippen LogP contribution in [-0.2, 0) is 40.5 Å². The van der Waals surface area contributed by atoms with Crippen molar-refractivity contribution in [3.8, 4) is 5.75 Å². The summed E-state index contributed by atoms with van der Waals surface area (Å²) in [6.07, 6.45) is 0. The summed E-state index contributed by atoms with van der Waals surface area (Å²) in [5, 5.41) is 35.2. The van der Waals surface area contributed by atoms with Crippen LogP contribution < -0.4 is 5.73 Å². The summed E-state index contributed by atoms with van der Waals surface area (Å²) in [7, 11) is -20.4. The highest BCUT2D eigenvalue weighted by Gasteiger charge is 2.28. The zero-order chi connectivity index (χ0) is 35.3. The molecule has 47 heavy (non-hydrogen) atoms. The van der Waals surface area contributed by atoms with E-state index in [1.807, 2.05) is 0 Å². The normalized spacial score (nSPS) is 13.1. The molecule has 0 saturated carbocycles. The molecule has 0 amide bonds. The van der Waals surface area contributed by atoms with Crippen LogP contribution in [0.4, 0.5) is 34.1 Å². The van der Waals surface area contributed by atoms with Crippen molar-refractivity contribution in [1.29, 1.82) is 0 Å². The van der Waals surface area contributed by atoms with E-state index < -0.39 is 110 Å². The van der Waals surface area contributed by atoms with E-state index in [1.54, 1.807) is 0 Å². The number of aromatic hydroxyl groups is 1. The summed E-state index contributed by atoms with van der Waals surface area (Å²) in [6, 6.07) is 6.85. The third-order valence-electron chi connectivity index (χ3n) is 5.96. The Morgan fingerprint density at radius 1 is 0.638 bits per heavy atom. The summed E-state index contributed by atoms with van der Waals surface area (Å²) in [4.78, 5) is 6.02. The zero-order valence-corrected chi connectivity index (χ0v) is 25.7. The molecular weight excluding hydrogens is 717 g/mol. The minimum Gasteiger partial charge on any atom is -0.505 e. The van der Waals surface area contributed by atoms with Gasteiger partial charge in [-0.2, -0.15) is 38.8 Å². The number of nitrogens with zero attached hydrogens (tertiary/aromatic N) is 5. The van der Waals surface area contributed by atoms with Gasteiger partial charge in [0.25, 0.3) is 46.2 Å². The van der Waals surface area contributed by atoms with Gasteiger partial charge in [-0.25, -0.2) is 0 Å². The molecule has 0 aliphatic rings. The molecule has 4 aromatic rings. The van der Waals surface area contributed by atoms with E-state index >= 15 is 0 Å². The number of nitro benzene ring substituents is 1. The second kappa shape index (κ2) is 12.0. The minimum atomic E-state index is -5.37. The number of nitrogen functional groups attached to an aromatic ring is 1. The van der Waals surface area contributed by atoms with Crippen LogP contribution in [0.2, 0.25) is 0 Å². The fraction of sp³-hybridized carbons (Fsp3) is 0. The van der Waals surface area contributed by atoms with Gasteiger partial charge >= 0.3 is 0 Å². The largest absolute Gasteiger partial charge is 0.505 e. The number of rotatable bonds is 9. The van der Waals surface area contributed by atoms with Crippen molar-refractivity contribution in [1.82, 2.24) is 0 Å². The second-order valence-corrected chi connectivity index (χ2v) is 14.6. The molecule has 0 radical (unpaired) electrons. The van der Waals surface area contributed by atoms with Gasteiger partial charge in [-0.1, -0.05) is 0 Å². The minimum absolute atomic E-state index is 0.142. The molecule has 0 saturated heterocycles. The van der Waals surface area contributed by atoms with Crippen molar-refractivity contribution in [2.45, 2.75) is 19.6 Å². The maximum atomic E-state index is 12.2. The Bertz CT molecular complexity index is 2500. The van der Waals surface area contributed by atoms with Crippen LogP contribution in [0.5, 0.6) is 5.75 Å². The predicted molar refractivity (Wildman–Crippen MR) is 157 cm³/mol.